The number of anilines is 1. The summed E-state index contributed by atoms with van der Waals surface area (Å²) in [5, 5.41) is 4.50. The van der Waals surface area contributed by atoms with Gasteiger partial charge in [-0.3, -0.25) is 9.40 Å². The van der Waals surface area contributed by atoms with Crippen molar-refractivity contribution in [3.8, 4) is 11.5 Å². The van der Waals surface area contributed by atoms with Gasteiger partial charge in [-0.2, -0.15) is 5.10 Å². The van der Waals surface area contributed by atoms with E-state index in [4.69, 9.17) is 9.47 Å². The van der Waals surface area contributed by atoms with Crippen LogP contribution >= 0.6 is 15.9 Å². The standard InChI is InChI=1S/C20H22BrN3O4S/c1-13-20(14(2)24(22-13)12-15-5-7-16(21)8-6-15)23-29(25,26)17-9-10-18(27-3)19(11-17)28-4/h5-11,23H,12H2,1-4H3. The van der Waals surface area contributed by atoms with Crippen molar-refractivity contribution in [2.24, 2.45) is 0 Å². The average molecular weight is 480 g/mol. The summed E-state index contributed by atoms with van der Waals surface area (Å²) in [6.07, 6.45) is 0. The number of methoxy groups -OCH3 is 2. The second-order valence-electron chi connectivity index (χ2n) is 6.45. The topological polar surface area (TPSA) is 82.5 Å². The van der Waals surface area contributed by atoms with Gasteiger partial charge in [-0.25, -0.2) is 8.42 Å². The van der Waals surface area contributed by atoms with Gasteiger partial charge in [0.2, 0.25) is 0 Å². The third-order valence-electron chi connectivity index (χ3n) is 4.53. The molecular weight excluding hydrogens is 458 g/mol. The van der Waals surface area contributed by atoms with Crippen LogP contribution in [-0.4, -0.2) is 32.4 Å². The molecule has 0 saturated heterocycles. The molecule has 3 aromatic rings. The van der Waals surface area contributed by atoms with Gasteiger partial charge in [0, 0.05) is 10.5 Å². The lowest BCUT2D eigenvalue weighted by Crippen LogP contribution is -2.14. The zero-order valence-corrected chi connectivity index (χ0v) is 19.0. The number of hydrogen-bond donors (Lipinski definition) is 1. The average Bonchev–Trinajstić information content (AvgIpc) is 2.96. The number of ether oxygens (including phenoxy) is 2. The molecule has 0 aliphatic carbocycles. The number of halogens is 1. The zero-order chi connectivity index (χ0) is 21.2. The Morgan fingerprint density at radius 2 is 1.69 bits per heavy atom. The molecule has 9 heteroatoms. The normalized spacial score (nSPS) is 11.3. The molecule has 0 saturated carbocycles. The Kier molecular flexibility index (Phi) is 6.18. The maximum absolute atomic E-state index is 12.9. The first-order chi connectivity index (χ1) is 13.7. The Balaban J connectivity index is 1.89. The van der Waals surface area contributed by atoms with Crippen LogP contribution in [0.15, 0.2) is 51.8 Å². The largest absolute Gasteiger partial charge is 0.493 e. The molecule has 154 valence electrons. The highest BCUT2D eigenvalue weighted by atomic mass is 79.9. The van der Waals surface area contributed by atoms with Crippen LogP contribution in [0.1, 0.15) is 17.0 Å². The molecule has 29 heavy (non-hydrogen) atoms. The molecule has 0 unspecified atom stereocenters. The number of rotatable bonds is 7. The number of sulfonamides is 1. The smallest absolute Gasteiger partial charge is 0.262 e. The van der Waals surface area contributed by atoms with E-state index in [1.165, 1.54) is 26.4 Å². The van der Waals surface area contributed by atoms with Gasteiger partial charge in [-0.05, 0) is 43.7 Å². The molecule has 0 spiro atoms. The number of nitrogens with zero attached hydrogens (tertiary/aromatic N) is 2. The first-order valence-electron chi connectivity index (χ1n) is 8.78. The third kappa shape index (κ3) is 4.56. The summed E-state index contributed by atoms with van der Waals surface area (Å²) in [5.41, 5.74) is 2.86. The van der Waals surface area contributed by atoms with Gasteiger partial charge in [0.15, 0.2) is 11.5 Å². The lowest BCUT2D eigenvalue weighted by atomic mass is 10.2. The summed E-state index contributed by atoms with van der Waals surface area (Å²) in [4.78, 5) is 0.0783. The van der Waals surface area contributed by atoms with Crippen LogP contribution < -0.4 is 14.2 Å². The van der Waals surface area contributed by atoms with E-state index in [1.54, 1.807) is 17.7 Å². The predicted octanol–water partition coefficient (Wildman–Crippen LogP) is 4.13. The Morgan fingerprint density at radius 1 is 1.03 bits per heavy atom. The van der Waals surface area contributed by atoms with E-state index in [0.29, 0.717) is 29.4 Å². The first kappa shape index (κ1) is 21.2. The van der Waals surface area contributed by atoms with E-state index in [-0.39, 0.29) is 4.90 Å². The number of hydrogen-bond acceptors (Lipinski definition) is 5. The Bertz CT molecular complexity index is 1130. The Hall–Kier alpha value is -2.52. The summed E-state index contributed by atoms with van der Waals surface area (Å²) in [6, 6.07) is 12.4. The molecule has 1 aromatic heterocycles. The van der Waals surface area contributed by atoms with E-state index in [0.717, 1.165) is 15.7 Å². The first-order valence-corrected chi connectivity index (χ1v) is 11.1. The van der Waals surface area contributed by atoms with Gasteiger partial charge in [0.1, 0.15) is 0 Å². The maximum atomic E-state index is 12.9. The van der Waals surface area contributed by atoms with Crippen molar-refractivity contribution in [3.63, 3.8) is 0 Å². The number of nitrogens with one attached hydrogen (secondary N) is 1. The SMILES string of the molecule is COc1ccc(S(=O)(=O)Nc2c(C)nn(Cc3ccc(Br)cc3)c2C)cc1OC. The minimum Gasteiger partial charge on any atom is -0.493 e. The number of aryl methyl sites for hydroxylation is 1. The fourth-order valence-electron chi connectivity index (χ4n) is 2.94. The van der Waals surface area contributed by atoms with Crippen LogP contribution in [0.3, 0.4) is 0 Å². The second kappa shape index (κ2) is 8.46. The molecule has 0 amide bonds. The highest BCUT2D eigenvalue weighted by Crippen LogP contribution is 2.31. The van der Waals surface area contributed by atoms with Gasteiger partial charge in [-0.15, -0.1) is 0 Å². The molecule has 3 rings (SSSR count). The molecule has 0 fully saturated rings. The van der Waals surface area contributed by atoms with Gasteiger partial charge in [0.25, 0.3) is 10.0 Å². The van der Waals surface area contributed by atoms with Crippen LogP contribution in [0.4, 0.5) is 5.69 Å². The lowest BCUT2D eigenvalue weighted by molar-refractivity contribution is 0.354. The second-order valence-corrected chi connectivity index (χ2v) is 9.05. The molecular formula is C20H22BrN3O4S. The summed E-state index contributed by atoms with van der Waals surface area (Å²) >= 11 is 3.42. The van der Waals surface area contributed by atoms with Crippen LogP contribution in [0.25, 0.3) is 0 Å². The molecule has 7 nitrogen and oxygen atoms in total. The summed E-state index contributed by atoms with van der Waals surface area (Å²) in [5.74, 6) is 0.802. The van der Waals surface area contributed by atoms with Gasteiger partial charge in [-0.1, -0.05) is 28.1 Å². The Labute approximate surface area is 178 Å². The lowest BCUT2D eigenvalue weighted by Gasteiger charge is -2.12. The Morgan fingerprint density at radius 3 is 2.31 bits per heavy atom. The van der Waals surface area contributed by atoms with E-state index in [9.17, 15) is 8.42 Å². The van der Waals surface area contributed by atoms with Crippen LogP contribution in [0, 0.1) is 13.8 Å². The van der Waals surface area contributed by atoms with E-state index in [2.05, 4.69) is 25.8 Å². The van der Waals surface area contributed by atoms with E-state index in [1.807, 2.05) is 31.2 Å². The molecule has 0 bridgehead atoms. The number of benzene rings is 2. The molecule has 0 aliphatic heterocycles. The molecule has 0 radical (unpaired) electrons. The molecule has 2 aromatic carbocycles. The summed E-state index contributed by atoms with van der Waals surface area (Å²) < 4.78 is 41.7. The van der Waals surface area contributed by atoms with Crippen molar-refractivity contribution < 1.29 is 17.9 Å². The highest BCUT2D eigenvalue weighted by molar-refractivity contribution is 9.10. The maximum Gasteiger partial charge on any atom is 0.262 e. The van der Waals surface area contributed by atoms with E-state index >= 15 is 0 Å². The van der Waals surface area contributed by atoms with Gasteiger partial charge < -0.3 is 9.47 Å². The zero-order valence-electron chi connectivity index (χ0n) is 16.6. The molecule has 1 heterocycles. The fraction of sp³-hybridized carbons (Fsp3) is 0.250. The third-order valence-corrected chi connectivity index (χ3v) is 6.40. The van der Waals surface area contributed by atoms with Crippen LogP contribution in [-0.2, 0) is 16.6 Å². The van der Waals surface area contributed by atoms with Crippen molar-refractivity contribution in [1.29, 1.82) is 0 Å². The van der Waals surface area contributed by atoms with E-state index < -0.39 is 10.0 Å². The van der Waals surface area contributed by atoms with Crippen molar-refractivity contribution in [3.05, 3.63) is 63.9 Å². The summed E-state index contributed by atoms with van der Waals surface area (Å²) in [6.45, 7) is 4.15. The molecule has 1 N–H and O–H groups in total. The number of aromatic nitrogens is 2. The van der Waals surface area contributed by atoms with Crippen molar-refractivity contribution in [2.75, 3.05) is 18.9 Å². The minimum absolute atomic E-state index is 0.0783. The van der Waals surface area contributed by atoms with Crippen LogP contribution in [0.5, 0.6) is 11.5 Å². The predicted molar refractivity (Wildman–Crippen MR) is 115 cm³/mol. The highest BCUT2D eigenvalue weighted by Gasteiger charge is 2.21. The summed E-state index contributed by atoms with van der Waals surface area (Å²) in [7, 11) is -0.869. The van der Waals surface area contributed by atoms with Crippen molar-refractivity contribution in [1.82, 2.24) is 9.78 Å². The van der Waals surface area contributed by atoms with Crippen molar-refractivity contribution >= 4 is 31.6 Å². The molecule has 0 atom stereocenters. The van der Waals surface area contributed by atoms with Crippen LogP contribution in [0.2, 0.25) is 0 Å². The van der Waals surface area contributed by atoms with Crippen molar-refractivity contribution in [2.45, 2.75) is 25.3 Å². The minimum atomic E-state index is -3.83. The quantitative estimate of drug-likeness (QED) is 0.550. The van der Waals surface area contributed by atoms with Gasteiger partial charge in [0.05, 0.1) is 42.7 Å². The molecule has 0 aliphatic rings. The monoisotopic (exact) mass is 479 g/mol. The van der Waals surface area contributed by atoms with Gasteiger partial charge >= 0.3 is 0 Å². The fourth-order valence-corrected chi connectivity index (χ4v) is 4.39.